The van der Waals surface area contributed by atoms with Gasteiger partial charge in [0.15, 0.2) is 0 Å². The van der Waals surface area contributed by atoms with E-state index in [0.717, 1.165) is 12.5 Å². The molecule has 5 heteroatoms. The molecular formula is C11H13BrFNO2. The number of hydrogen-bond acceptors (Lipinski definition) is 2. The van der Waals surface area contributed by atoms with Crippen LogP contribution >= 0.6 is 15.9 Å². The van der Waals surface area contributed by atoms with Crippen molar-refractivity contribution >= 4 is 21.8 Å². The number of benzene rings is 1. The molecule has 1 rings (SSSR count). The van der Waals surface area contributed by atoms with Crippen molar-refractivity contribution in [1.29, 1.82) is 0 Å². The molecule has 0 saturated heterocycles. The Morgan fingerprint density at radius 3 is 2.88 bits per heavy atom. The van der Waals surface area contributed by atoms with Crippen molar-refractivity contribution in [3.8, 4) is 5.75 Å². The van der Waals surface area contributed by atoms with E-state index in [1.807, 2.05) is 6.92 Å². The Morgan fingerprint density at radius 2 is 2.31 bits per heavy atom. The normalized spacial score (nSPS) is 12.2. The van der Waals surface area contributed by atoms with Gasteiger partial charge in [-0.25, -0.2) is 4.39 Å². The predicted molar refractivity (Wildman–Crippen MR) is 63.4 cm³/mol. The van der Waals surface area contributed by atoms with Crippen molar-refractivity contribution in [1.82, 2.24) is 5.32 Å². The Balaban J connectivity index is 2.59. The van der Waals surface area contributed by atoms with Gasteiger partial charge in [0.1, 0.15) is 11.6 Å². The standard InChI is InChI=1S/C11H13BrFNO2/c1-7(12)4-5-14-11(16)9-3-2-8(15)6-10(9)13/h2-3,6-7,15H,4-5H2,1H3,(H,14,16). The summed E-state index contributed by atoms with van der Waals surface area (Å²) in [6.07, 6.45) is 0.769. The van der Waals surface area contributed by atoms with E-state index < -0.39 is 11.7 Å². The number of alkyl halides is 1. The fourth-order valence-corrected chi connectivity index (χ4v) is 1.40. The summed E-state index contributed by atoms with van der Waals surface area (Å²) in [6.45, 7) is 2.44. The van der Waals surface area contributed by atoms with Crippen molar-refractivity contribution in [2.24, 2.45) is 0 Å². The molecule has 1 unspecified atom stereocenters. The van der Waals surface area contributed by atoms with Crippen LogP contribution in [0, 0.1) is 5.82 Å². The highest BCUT2D eigenvalue weighted by molar-refractivity contribution is 9.09. The molecule has 0 spiro atoms. The molecule has 0 saturated carbocycles. The van der Waals surface area contributed by atoms with Gasteiger partial charge in [0.2, 0.25) is 0 Å². The summed E-state index contributed by atoms with van der Waals surface area (Å²) in [5, 5.41) is 11.6. The molecule has 1 aromatic carbocycles. The highest BCUT2D eigenvalue weighted by Crippen LogP contribution is 2.14. The van der Waals surface area contributed by atoms with Crippen LogP contribution < -0.4 is 5.32 Å². The average Bonchev–Trinajstić information content (AvgIpc) is 2.16. The predicted octanol–water partition coefficient (Wildman–Crippen LogP) is 2.43. The van der Waals surface area contributed by atoms with E-state index in [4.69, 9.17) is 5.11 Å². The van der Waals surface area contributed by atoms with E-state index in [2.05, 4.69) is 21.2 Å². The van der Waals surface area contributed by atoms with Gasteiger partial charge < -0.3 is 10.4 Å². The minimum absolute atomic E-state index is 0.0555. The molecule has 0 aromatic heterocycles. The van der Waals surface area contributed by atoms with Gasteiger partial charge in [-0.2, -0.15) is 0 Å². The SMILES string of the molecule is CC(Br)CCNC(=O)c1ccc(O)cc1F. The first kappa shape index (κ1) is 13.0. The number of phenolic OH excluding ortho intramolecular Hbond substituents is 1. The first-order valence-corrected chi connectivity index (χ1v) is 5.83. The van der Waals surface area contributed by atoms with E-state index in [1.165, 1.54) is 12.1 Å². The molecule has 1 amide bonds. The van der Waals surface area contributed by atoms with Gasteiger partial charge >= 0.3 is 0 Å². The van der Waals surface area contributed by atoms with Gasteiger partial charge in [-0.1, -0.05) is 22.9 Å². The lowest BCUT2D eigenvalue weighted by atomic mass is 10.2. The fraction of sp³-hybridized carbons (Fsp3) is 0.364. The number of nitrogens with one attached hydrogen (secondary N) is 1. The van der Waals surface area contributed by atoms with Gasteiger partial charge in [-0.05, 0) is 18.6 Å². The topological polar surface area (TPSA) is 49.3 Å². The van der Waals surface area contributed by atoms with Gasteiger partial charge in [0, 0.05) is 17.4 Å². The molecule has 0 fully saturated rings. The van der Waals surface area contributed by atoms with E-state index in [0.29, 0.717) is 11.4 Å². The molecule has 0 bridgehead atoms. The molecule has 0 aliphatic carbocycles. The Hall–Kier alpha value is -1.10. The van der Waals surface area contributed by atoms with E-state index in [-0.39, 0.29) is 11.3 Å². The smallest absolute Gasteiger partial charge is 0.254 e. The Morgan fingerprint density at radius 1 is 1.62 bits per heavy atom. The number of aromatic hydroxyl groups is 1. The van der Waals surface area contributed by atoms with E-state index in [9.17, 15) is 9.18 Å². The van der Waals surface area contributed by atoms with Crippen LogP contribution in [-0.2, 0) is 0 Å². The van der Waals surface area contributed by atoms with Crippen LogP contribution in [0.1, 0.15) is 23.7 Å². The molecule has 0 heterocycles. The molecule has 1 atom stereocenters. The maximum absolute atomic E-state index is 13.3. The molecule has 3 nitrogen and oxygen atoms in total. The number of rotatable bonds is 4. The summed E-state index contributed by atoms with van der Waals surface area (Å²) in [4.78, 5) is 11.8. The van der Waals surface area contributed by atoms with E-state index in [1.54, 1.807) is 0 Å². The number of carbonyl (C=O) groups is 1. The third-order valence-electron chi connectivity index (χ3n) is 2.02. The fourth-order valence-electron chi connectivity index (χ4n) is 1.17. The number of carbonyl (C=O) groups excluding carboxylic acids is 1. The minimum atomic E-state index is -0.718. The van der Waals surface area contributed by atoms with Crippen LogP contribution in [0.2, 0.25) is 0 Å². The zero-order chi connectivity index (χ0) is 12.1. The quantitative estimate of drug-likeness (QED) is 0.837. The maximum Gasteiger partial charge on any atom is 0.254 e. The van der Waals surface area contributed by atoms with Crippen LogP contribution in [0.4, 0.5) is 4.39 Å². The molecule has 16 heavy (non-hydrogen) atoms. The van der Waals surface area contributed by atoms with Gasteiger partial charge in [-0.3, -0.25) is 4.79 Å². The van der Waals surface area contributed by atoms with Crippen molar-refractivity contribution in [3.05, 3.63) is 29.6 Å². The number of halogens is 2. The summed E-state index contributed by atoms with van der Waals surface area (Å²) in [5.74, 6) is -1.38. The highest BCUT2D eigenvalue weighted by atomic mass is 79.9. The van der Waals surface area contributed by atoms with Crippen LogP contribution in [0.15, 0.2) is 18.2 Å². The molecule has 0 radical (unpaired) electrons. The monoisotopic (exact) mass is 289 g/mol. The molecule has 2 N–H and O–H groups in total. The van der Waals surface area contributed by atoms with Crippen molar-refractivity contribution in [2.75, 3.05) is 6.54 Å². The molecule has 88 valence electrons. The Kier molecular flexibility index (Phi) is 4.73. The molecular weight excluding hydrogens is 277 g/mol. The zero-order valence-corrected chi connectivity index (χ0v) is 10.4. The minimum Gasteiger partial charge on any atom is -0.508 e. The lowest BCUT2D eigenvalue weighted by molar-refractivity contribution is 0.0949. The van der Waals surface area contributed by atoms with Crippen LogP contribution in [0.3, 0.4) is 0 Å². The van der Waals surface area contributed by atoms with Crippen molar-refractivity contribution < 1.29 is 14.3 Å². The second-order valence-electron chi connectivity index (χ2n) is 3.49. The Labute approximate surface area is 102 Å². The first-order valence-electron chi connectivity index (χ1n) is 4.91. The van der Waals surface area contributed by atoms with Crippen molar-refractivity contribution in [3.63, 3.8) is 0 Å². The number of amides is 1. The highest BCUT2D eigenvalue weighted by Gasteiger charge is 2.11. The number of phenols is 1. The van der Waals surface area contributed by atoms with Gasteiger partial charge in [0.25, 0.3) is 5.91 Å². The second-order valence-corrected chi connectivity index (χ2v) is 5.05. The summed E-state index contributed by atoms with van der Waals surface area (Å²) >= 11 is 3.35. The summed E-state index contributed by atoms with van der Waals surface area (Å²) < 4.78 is 13.3. The van der Waals surface area contributed by atoms with Crippen LogP contribution in [-0.4, -0.2) is 22.4 Å². The van der Waals surface area contributed by atoms with Crippen LogP contribution in [0.5, 0.6) is 5.75 Å². The summed E-state index contributed by atoms with van der Waals surface area (Å²) in [5.41, 5.74) is -0.0555. The number of hydrogen-bond donors (Lipinski definition) is 2. The zero-order valence-electron chi connectivity index (χ0n) is 8.84. The summed E-state index contributed by atoms with van der Waals surface area (Å²) in [7, 11) is 0. The second kappa shape index (κ2) is 5.84. The third-order valence-corrected chi connectivity index (χ3v) is 2.48. The lowest BCUT2D eigenvalue weighted by Crippen LogP contribution is -2.26. The van der Waals surface area contributed by atoms with Crippen LogP contribution in [0.25, 0.3) is 0 Å². The third kappa shape index (κ3) is 3.81. The average molecular weight is 290 g/mol. The van der Waals surface area contributed by atoms with Gasteiger partial charge in [0.05, 0.1) is 5.56 Å². The van der Waals surface area contributed by atoms with Crippen molar-refractivity contribution in [2.45, 2.75) is 18.2 Å². The van der Waals surface area contributed by atoms with Gasteiger partial charge in [-0.15, -0.1) is 0 Å². The molecule has 0 aliphatic rings. The van der Waals surface area contributed by atoms with E-state index >= 15 is 0 Å². The largest absolute Gasteiger partial charge is 0.508 e. The summed E-state index contributed by atoms with van der Waals surface area (Å²) in [6, 6.07) is 3.46. The molecule has 1 aromatic rings. The first-order chi connectivity index (χ1) is 7.50. The Bertz CT molecular complexity index is 382. The molecule has 0 aliphatic heterocycles. The lowest BCUT2D eigenvalue weighted by Gasteiger charge is -2.07. The maximum atomic E-state index is 13.3.